The van der Waals surface area contributed by atoms with Crippen molar-refractivity contribution < 1.29 is 14.2 Å². The van der Waals surface area contributed by atoms with Crippen LogP contribution >= 0.6 is 0 Å². The Labute approximate surface area is 115 Å². The minimum absolute atomic E-state index is 0.0893. The van der Waals surface area contributed by atoms with E-state index in [0.717, 1.165) is 12.8 Å². The van der Waals surface area contributed by atoms with Crippen LogP contribution in [0.3, 0.4) is 0 Å². The maximum atomic E-state index is 5.80. The van der Waals surface area contributed by atoms with Crippen LogP contribution in [0.5, 0.6) is 17.4 Å². The molecule has 1 aromatic rings. The van der Waals surface area contributed by atoms with E-state index < -0.39 is 0 Å². The first kappa shape index (κ1) is 14.0. The van der Waals surface area contributed by atoms with Crippen LogP contribution in [0.2, 0.25) is 0 Å². The minimum atomic E-state index is -0.277. The fourth-order valence-corrected chi connectivity index (χ4v) is 1.58. The van der Waals surface area contributed by atoms with Crippen molar-refractivity contribution in [3.8, 4) is 17.4 Å². The van der Waals surface area contributed by atoms with Gasteiger partial charge < -0.3 is 14.2 Å². The second kappa shape index (κ2) is 5.27. The Balaban J connectivity index is 2.18. The van der Waals surface area contributed by atoms with E-state index in [9.17, 15) is 0 Å². The number of pyridine rings is 1. The first-order valence-electron chi connectivity index (χ1n) is 6.86. The molecule has 0 aliphatic heterocycles. The van der Waals surface area contributed by atoms with Crippen molar-refractivity contribution in [2.45, 2.75) is 65.3 Å². The lowest BCUT2D eigenvalue weighted by atomic mass is 10.2. The fraction of sp³-hybridized carbons (Fsp3) is 0.667. The van der Waals surface area contributed by atoms with Gasteiger partial charge in [-0.05, 0) is 47.5 Å². The number of rotatable bonds is 5. The molecule has 4 nitrogen and oxygen atoms in total. The van der Waals surface area contributed by atoms with Crippen molar-refractivity contribution in [3.63, 3.8) is 0 Å². The highest BCUT2D eigenvalue weighted by Gasteiger charge is 2.26. The lowest BCUT2D eigenvalue weighted by Crippen LogP contribution is -2.23. The first-order valence-corrected chi connectivity index (χ1v) is 6.86. The summed E-state index contributed by atoms with van der Waals surface area (Å²) in [5.41, 5.74) is -0.277. The second-order valence-corrected chi connectivity index (χ2v) is 6.17. The molecule has 1 aliphatic carbocycles. The Bertz CT molecular complexity index is 434. The maximum Gasteiger partial charge on any atom is 0.217 e. The van der Waals surface area contributed by atoms with E-state index in [-0.39, 0.29) is 11.7 Å². The second-order valence-electron chi connectivity index (χ2n) is 6.17. The van der Waals surface area contributed by atoms with Crippen molar-refractivity contribution in [2.24, 2.45) is 0 Å². The summed E-state index contributed by atoms with van der Waals surface area (Å²) in [7, 11) is 0. The van der Waals surface area contributed by atoms with E-state index in [1.165, 1.54) is 0 Å². The van der Waals surface area contributed by atoms with Crippen LogP contribution in [0, 0.1) is 0 Å². The maximum absolute atomic E-state index is 5.80. The molecule has 2 rings (SSSR count). The van der Waals surface area contributed by atoms with E-state index in [4.69, 9.17) is 14.2 Å². The zero-order valence-electron chi connectivity index (χ0n) is 12.4. The molecule has 1 aliphatic rings. The standard InChI is InChI=1S/C15H23NO3/c1-10(2)17-12-8-14(19-15(3,4)5)16-9-13(12)18-11-6-7-11/h8-11H,6-7H2,1-5H3. The molecular formula is C15H23NO3. The quantitative estimate of drug-likeness (QED) is 0.815. The van der Waals surface area contributed by atoms with E-state index in [1.807, 2.05) is 40.7 Å². The molecule has 19 heavy (non-hydrogen) atoms. The zero-order valence-corrected chi connectivity index (χ0v) is 12.4. The zero-order chi connectivity index (χ0) is 14.0. The van der Waals surface area contributed by atoms with Crippen LogP contribution in [-0.2, 0) is 0 Å². The van der Waals surface area contributed by atoms with Gasteiger partial charge in [-0.25, -0.2) is 4.98 Å². The molecule has 0 bridgehead atoms. The number of nitrogens with zero attached hydrogens (tertiary/aromatic N) is 1. The van der Waals surface area contributed by atoms with E-state index in [0.29, 0.717) is 23.5 Å². The van der Waals surface area contributed by atoms with Gasteiger partial charge in [0.2, 0.25) is 5.88 Å². The summed E-state index contributed by atoms with van der Waals surface area (Å²) in [6, 6.07) is 1.81. The third kappa shape index (κ3) is 4.62. The summed E-state index contributed by atoms with van der Waals surface area (Å²) < 4.78 is 17.3. The van der Waals surface area contributed by atoms with Crippen molar-refractivity contribution in [1.82, 2.24) is 4.98 Å². The lowest BCUT2D eigenvalue weighted by Gasteiger charge is -2.21. The van der Waals surface area contributed by atoms with E-state index in [1.54, 1.807) is 6.20 Å². The Morgan fingerprint density at radius 3 is 2.42 bits per heavy atom. The van der Waals surface area contributed by atoms with E-state index >= 15 is 0 Å². The van der Waals surface area contributed by atoms with Gasteiger partial charge >= 0.3 is 0 Å². The average Bonchev–Trinajstić information content (AvgIpc) is 3.02. The number of aromatic nitrogens is 1. The number of hydrogen-bond acceptors (Lipinski definition) is 4. The van der Waals surface area contributed by atoms with Crippen molar-refractivity contribution >= 4 is 0 Å². The van der Waals surface area contributed by atoms with Gasteiger partial charge in [-0.1, -0.05) is 0 Å². The van der Waals surface area contributed by atoms with Crippen molar-refractivity contribution in [3.05, 3.63) is 12.3 Å². The molecule has 0 atom stereocenters. The minimum Gasteiger partial charge on any atom is -0.487 e. The summed E-state index contributed by atoms with van der Waals surface area (Å²) in [6.45, 7) is 9.96. The molecule has 1 aromatic heterocycles. The van der Waals surface area contributed by atoms with Gasteiger partial charge in [0.25, 0.3) is 0 Å². The van der Waals surface area contributed by atoms with Gasteiger partial charge in [-0.15, -0.1) is 0 Å². The summed E-state index contributed by atoms with van der Waals surface area (Å²) >= 11 is 0. The van der Waals surface area contributed by atoms with Gasteiger partial charge in [-0.3, -0.25) is 0 Å². The summed E-state index contributed by atoms with van der Waals surface area (Å²) in [5, 5.41) is 0. The van der Waals surface area contributed by atoms with Crippen LogP contribution in [0.4, 0.5) is 0 Å². The van der Waals surface area contributed by atoms with Crippen LogP contribution in [0.15, 0.2) is 12.3 Å². The van der Waals surface area contributed by atoms with Gasteiger partial charge in [0, 0.05) is 6.07 Å². The predicted molar refractivity (Wildman–Crippen MR) is 74.0 cm³/mol. The number of ether oxygens (including phenoxy) is 3. The Morgan fingerprint density at radius 2 is 1.89 bits per heavy atom. The molecule has 0 saturated heterocycles. The van der Waals surface area contributed by atoms with Gasteiger partial charge in [0.15, 0.2) is 11.5 Å². The smallest absolute Gasteiger partial charge is 0.217 e. The Kier molecular flexibility index (Phi) is 3.88. The largest absolute Gasteiger partial charge is 0.487 e. The van der Waals surface area contributed by atoms with E-state index in [2.05, 4.69) is 4.98 Å². The highest BCUT2D eigenvalue weighted by atomic mass is 16.5. The molecule has 1 saturated carbocycles. The van der Waals surface area contributed by atoms with Crippen LogP contribution in [-0.4, -0.2) is 22.8 Å². The predicted octanol–water partition coefficient (Wildman–Crippen LogP) is 3.59. The molecule has 4 heteroatoms. The van der Waals surface area contributed by atoms with Gasteiger partial charge in [0.1, 0.15) is 5.60 Å². The average molecular weight is 265 g/mol. The highest BCUT2D eigenvalue weighted by molar-refractivity contribution is 5.41. The summed E-state index contributed by atoms with van der Waals surface area (Å²) in [5.74, 6) is 1.97. The molecule has 0 amide bonds. The topological polar surface area (TPSA) is 40.6 Å². The molecule has 0 unspecified atom stereocenters. The van der Waals surface area contributed by atoms with Crippen molar-refractivity contribution in [2.75, 3.05) is 0 Å². The normalized spacial score (nSPS) is 15.5. The third-order valence-electron chi connectivity index (χ3n) is 2.40. The Hall–Kier alpha value is -1.45. The lowest BCUT2D eigenvalue weighted by molar-refractivity contribution is 0.122. The molecule has 1 heterocycles. The van der Waals surface area contributed by atoms with Crippen LogP contribution in [0.25, 0.3) is 0 Å². The third-order valence-corrected chi connectivity index (χ3v) is 2.40. The van der Waals surface area contributed by atoms with Crippen LogP contribution in [0.1, 0.15) is 47.5 Å². The number of hydrogen-bond donors (Lipinski definition) is 0. The van der Waals surface area contributed by atoms with Crippen molar-refractivity contribution in [1.29, 1.82) is 0 Å². The monoisotopic (exact) mass is 265 g/mol. The highest BCUT2D eigenvalue weighted by Crippen LogP contribution is 2.36. The van der Waals surface area contributed by atoms with Gasteiger partial charge in [0.05, 0.1) is 18.4 Å². The molecule has 0 radical (unpaired) electrons. The van der Waals surface area contributed by atoms with Crippen LogP contribution < -0.4 is 14.2 Å². The summed E-state index contributed by atoms with van der Waals surface area (Å²) in [4.78, 5) is 4.29. The molecule has 0 spiro atoms. The summed E-state index contributed by atoms with van der Waals surface area (Å²) in [6.07, 6.45) is 4.33. The molecule has 1 fully saturated rings. The molecule has 0 N–H and O–H groups in total. The SMILES string of the molecule is CC(C)Oc1cc(OC(C)(C)C)ncc1OC1CC1. The first-order chi connectivity index (χ1) is 8.83. The molecule has 0 aromatic carbocycles. The van der Waals surface area contributed by atoms with Gasteiger partial charge in [-0.2, -0.15) is 0 Å². The fourth-order valence-electron chi connectivity index (χ4n) is 1.58. The Morgan fingerprint density at radius 1 is 1.21 bits per heavy atom. The molecular weight excluding hydrogens is 242 g/mol. The molecule has 106 valence electrons.